The van der Waals surface area contributed by atoms with Crippen LogP contribution in [0.25, 0.3) is 0 Å². The molecule has 0 spiro atoms. The second-order valence-corrected chi connectivity index (χ2v) is 11.9. The summed E-state index contributed by atoms with van der Waals surface area (Å²) in [6, 6.07) is 4.92. The summed E-state index contributed by atoms with van der Waals surface area (Å²) in [6.45, 7) is 3.34. The maximum atomic E-state index is 13.6. The van der Waals surface area contributed by atoms with E-state index in [0.717, 1.165) is 0 Å². The van der Waals surface area contributed by atoms with Crippen molar-refractivity contribution in [3.8, 4) is 5.75 Å². The molecule has 0 aliphatic carbocycles. The highest BCUT2D eigenvalue weighted by atomic mass is 19.2. The number of Topliss-reactive ketones (excluding diaryl/α,β-unsaturated/α-hetero) is 1. The summed E-state index contributed by atoms with van der Waals surface area (Å²) in [4.78, 5) is 62.0. The van der Waals surface area contributed by atoms with Crippen LogP contribution < -0.4 is 26.4 Å². The highest BCUT2D eigenvalue weighted by molar-refractivity contribution is 5.97. The molecule has 0 aliphatic rings. The van der Waals surface area contributed by atoms with Crippen molar-refractivity contribution in [3.63, 3.8) is 0 Å². The molecule has 0 fully saturated rings. The van der Waals surface area contributed by atoms with E-state index in [1.807, 2.05) is 0 Å². The summed E-state index contributed by atoms with van der Waals surface area (Å²) in [5.41, 5.74) is 6.22. The van der Waals surface area contributed by atoms with Gasteiger partial charge in [0.2, 0.25) is 46.6 Å². The van der Waals surface area contributed by atoms with Gasteiger partial charge >= 0.3 is 12.0 Å². The zero-order valence-electron chi connectivity index (χ0n) is 28.7. The van der Waals surface area contributed by atoms with Crippen LogP contribution >= 0.6 is 0 Å². The number of ketones is 1. The fraction of sp³-hybridized carbons (Fsp3) is 0.500. The van der Waals surface area contributed by atoms with Crippen molar-refractivity contribution in [2.45, 2.75) is 65.0 Å². The zero-order chi connectivity index (χ0) is 38.8. The van der Waals surface area contributed by atoms with Crippen LogP contribution in [0.3, 0.4) is 0 Å². The van der Waals surface area contributed by atoms with Gasteiger partial charge in [-0.25, -0.2) is 18.0 Å². The number of carbonyl (C=O) groups excluding carboxylic acids is 5. The van der Waals surface area contributed by atoms with Gasteiger partial charge in [0, 0.05) is 37.6 Å². The first-order valence-electron chi connectivity index (χ1n) is 16.4. The molecule has 0 aliphatic heterocycles. The van der Waals surface area contributed by atoms with Gasteiger partial charge in [-0.15, -0.1) is 0 Å². The first-order chi connectivity index (χ1) is 24.7. The van der Waals surface area contributed by atoms with Crippen molar-refractivity contribution in [1.82, 2.24) is 10.6 Å². The molecule has 2 aromatic rings. The maximum absolute atomic E-state index is 13.6. The van der Waals surface area contributed by atoms with E-state index in [0.29, 0.717) is 17.7 Å². The lowest BCUT2D eigenvalue weighted by molar-refractivity contribution is -0.136. The smallest absolute Gasteiger partial charge is 0.313 e. The molecule has 13 nitrogen and oxygen atoms in total. The first-order valence-corrected chi connectivity index (χ1v) is 16.4. The number of carbonyl (C=O) groups is 5. The van der Waals surface area contributed by atoms with Crippen molar-refractivity contribution in [2.24, 2.45) is 17.6 Å². The Labute approximate surface area is 296 Å². The zero-order valence-corrected chi connectivity index (χ0v) is 28.7. The Morgan fingerprint density at radius 2 is 1.40 bits per heavy atom. The monoisotopic (exact) mass is 746 g/mol. The molecular formula is C34H43F5N4O9. The third kappa shape index (κ3) is 14.5. The predicted molar refractivity (Wildman–Crippen MR) is 175 cm³/mol. The summed E-state index contributed by atoms with van der Waals surface area (Å²) in [5, 5.41) is 17.2. The largest absolute Gasteiger partial charge is 0.420 e. The van der Waals surface area contributed by atoms with E-state index < -0.39 is 77.0 Å². The minimum atomic E-state index is -2.38. The second-order valence-electron chi connectivity index (χ2n) is 11.9. The van der Waals surface area contributed by atoms with Gasteiger partial charge in [0.1, 0.15) is 0 Å². The highest BCUT2D eigenvalue weighted by Gasteiger charge is 2.30. The molecule has 0 saturated heterocycles. The van der Waals surface area contributed by atoms with E-state index >= 15 is 0 Å². The van der Waals surface area contributed by atoms with E-state index in [1.54, 1.807) is 38.1 Å². The number of amides is 4. The number of benzene rings is 2. The van der Waals surface area contributed by atoms with Crippen LogP contribution in [0.4, 0.5) is 32.4 Å². The number of aliphatic hydroxyl groups excluding tert-OH is 1. The Bertz CT molecular complexity index is 1500. The first kappa shape index (κ1) is 43.5. The van der Waals surface area contributed by atoms with E-state index in [2.05, 4.69) is 20.7 Å². The molecule has 0 radical (unpaired) electrons. The number of esters is 1. The van der Waals surface area contributed by atoms with Gasteiger partial charge in [0.25, 0.3) is 0 Å². The van der Waals surface area contributed by atoms with Gasteiger partial charge in [-0.2, -0.15) is 8.78 Å². The topological polar surface area (TPSA) is 195 Å². The van der Waals surface area contributed by atoms with Crippen molar-refractivity contribution >= 4 is 35.3 Å². The Morgan fingerprint density at radius 1 is 0.808 bits per heavy atom. The standard InChI is InChI=1S/C34H43F5N4O9/c1-19(2)31(23(45)17-21(5-3-12-41-34(40)49)33(48)42-22-9-7-20(18-44)8-10-22)43-24(46)6-4-13-50-15-16-51-14-11-25(47)52-32-29(38)27(36)26(35)28(37)30(32)39/h7-10,19,21,31,44H,3-6,11-18H2,1-2H3,(H,42,48)(H,43,46)(H3,40,41,49)/t21-,31+/m1/s1. The molecule has 6 N–H and O–H groups in total. The van der Waals surface area contributed by atoms with Crippen LogP contribution in [0.5, 0.6) is 5.75 Å². The summed E-state index contributed by atoms with van der Waals surface area (Å²) in [5.74, 6) is -16.7. The quantitative estimate of drug-likeness (QED) is 0.0281. The van der Waals surface area contributed by atoms with E-state index in [4.69, 9.17) is 15.2 Å². The number of nitrogens with two attached hydrogens (primary N) is 1. The molecular weight excluding hydrogens is 703 g/mol. The van der Waals surface area contributed by atoms with Gasteiger partial charge < -0.3 is 41.0 Å². The summed E-state index contributed by atoms with van der Waals surface area (Å²) in [6.07, 6.45) is 0.137. The molecule has 52 heavy (non-hydrogen) atoms. The molecule has 0 aromatic heterocycles. The molecule has 4 amide bonds. The van der Waals surface area contributed by atoms with Crippen molar-refractivity contribution < 1.29 is 65.2 Å². The predicted octanol–water partition coefficient (Wildman–Crippen LogP) is 3.79. The van der Waals surface area contributed by atoms with Crippen LogP contribution in [-0.2, 0) is 35.3 Å². The van der Waals surface area contributed by atoms with Gasteiger partial charge in [-0.1, -0.05) is 26.0 Å². The Hall–Kier alpha value is -4.68. The number of halogens is 5. The highest BCUT2D eigenvalue weighted by Crippen LogP contribution is 2.29. The minimum Gasteiger partial charge on any atom is -0.420 e. The van der Waals surface area contributed by atoms with Gasteiger partial charge in [0.05, 0.1) is 38.9 Å². The van der Waals surface area contributed by atoms with Gasteiger partial charge in [0.15, 0.2) is 5.78 Å². The van der Waals surface area contributed by atoms with Crippen molar-refractivity contribution in [3.05, 3.63) is 58.9 Å². The minimum absolute atomic E-state index is 0.00737. The van der Waals surface area contributed by atoms with Crippen molar-refractivity contribution in [1.29, 1.82) is 0 Å². The molecule has 2 atom stereocenters. The lowest BCUT2D eigenvalue weighted by atomic mass is 9.89. The van der Waals surface area contributed by atoms with E-state index in [-0.39, 0.29) is 77.0 Å². The number of ether oxygens (including phenoxy) is 3. The number of urea groups is 1. The fourth-order valence-corrected chi connectivity index (χ4v) is 4.71. The summed E-state index contributed by atoms with van der Waals surface area (Å²) < 4.78 is 81.6. The molecule has 0 unspecified atom stereocenters. The van der Waals surface area contributed by atoms with Gasteiger partial charge in [-0.05, 0) is 42.9 Å². The molecule has 2 rings (SSSR count). The average Bonchev–Trinajstić information content (AvgIpc) is 3.11. The molecule has 2 aromatic carbocycles. The molecule has 18 heteroatoms. The van der Waals surface area contributed by atoms with E-state index in [1.165, 1.54) is 0 Å². The molecule has 0 heterocycles. The molecule has 288 valence electrons. The number of aliphatic hydroxyl groups is 1. The number of primary amides is 1. The number of hydrogen-bond acceptors (Lipinski definition) is 9. The second kappa shape index (κ2) is 22.3. The Balaban J connectivity index is 1.76. The average molecular weight is 747 g/mol. The lowest BCUT2D eigenvalue weighted by Gasteiger charge is -2.24. The molecule has 0 saturated carbocycles. The SMILES string of the molecule is CC(C)[C@H](NC(=O)CCCOCCOCCC(=O)Oc1c(F)c(F)c(F)c(F)c1F)C(=O)C[C@@H](CCCNC(N)=O)C(=O)Nc1ccc(CO)cc1. The number of hydrogen-bond donors (Lipinski definition) is 5. The summed E-state index contributed by atoms with van der Waals surface area (Å²) >= 11 is 0. The third-order valence-electron chi connectivity index (χ3n) is 7.48. The van der Waals surface area contributed by atoms with Crippen LogP contribution in [0.1, 0.15) is 57.9 Å². The Morgan fingerprint density at radius 3 is 1.98 bits per heavy atom. The van der Waals surface area contributed by atoms with Crippen LogP contribution in [-0.4, -0.2) is 73.7 Å². The fourth-order valence-electron chi connectivity index (χ4n) is 4.71. The molecule has 0 bridgehead atoms. The normalized spacial score (nSPS) is 12.2. The van der Waals surface area contributed by atoms with E-state index in [9.17, 15) is 51.0 Å². The van der Waals surface area contributed by atoms with Gasteiger partial charge in [-0.3, -0.25) is 19.2 Å². The van der Waals surface area contributed by atoms with Crippen LogP contribution in [0.15, 0.2) is 24.3 Å². The van der Waals surface area contributed by atoms with Crippen LogP contribution in [0, 0.1) is 40.9 Å². The summed E-state index contributed by atoms with van der Waals surface area (Å²) in [7, 11) is 0. The Kier molecular flexibility index (Phi) is 18.6. The van der Waals surface area contributed by atoms with Crippen LogP contribution in [0.2, 0.25) is 0 Å². The lowest BCUT2D eigenvalue weighted by Crippen LogP contribution is -2.45. The maximum Gasteiger partial charge on any atom is 0.313 e. The number of nitrogens with one attached hydrogen (secondary N) is 3. The number of anilines is 1. The number of rotatable bonds is 23. The van der Waals surface area contributed by atoms with Crippen molar-refractivity contribution in [2.75, 3.05) is 38.3 Å². The third-order valence-corrected chi connectivity index (χ3v) is 7.48.